The van der Waals surface area contributed by atoms with Gasteiger partial charge in [0.2, 0.25) is 0 Å². The molecule has 0 fully saturated rings. The van der Waals surface area contributed by atoms with Crippen LogP contribution in [0.3, 0.4) is 0 Å². The summed E-state index contributed by atoms with van der Waals surface area (Å²) in [4.78, 5) is 13.9. The van der Waals surface area contributed by atoms with Crippen LogP contribution < -0.4 is 11.5 Å². The molecule has 66 valence electrons. The second-order valence-electron chi connectivity index (χ2n) is 2.87. The Morgan fingerprint density at radius 2 is 2.15 bits per heavy atom. The van der Waals surface area contributed by atoms with Gasteiger partial charge in [-0.3, -0.25) is 4.79 Å². The Kier molecular flexibility index (Phi) is 1.48. The highest BCUT2D eigenvalue weighted by atomic mass is 16.1. The van der Waals surface area contributed by atoms with E-state index in [1.807, 2.05) is 6.07 Å². The fourth-order valence-electron chi connectivity index (χ4n) is 1.33. The first-order valence-corrected chi connectivity index (χ1v) is 3.85. The molecule has 0 aliphatic rings. The molecular weight excluding hydrogens is 166 g/mol. The van der Waals surface area contributed by atoms with Gasteiger partial charge < -0.3 is 16.5 Å². The zero-order valence-corrected chi connectivity index (χ0v) is 6.87. The van der Waals surface area contributed by atoms with Crippen molar-refractivity contribution in [2.45, 2.75) is 0 Å². The number of hydrogen-bond donors (Lipinski definition) is 3. The lowest BCUT2D eigenvalue weighted by atomic mass is 10.1. The van der Waals surface area contributed by atoms with Gasteiger partial charge >= 0.3 is 0 Å². The molecule has 0 spiro atoms. The van der Waals surface area contributed by atoms with E-state index in [1.54, 1.807) is 18.3 Å². The van der Waals surface area contributed by atoms with Crippen molar-refractivity contribution in [3.05, 3.63) is 30.0 Å². The molecule has 4 nitrogen and oxygen atoms in total. The van der Waals surface area contributed by atoms with E-state index in [0.717, 1.165) is 10.9 Å². The number of nitrogen functional groups attached to an aromatic ring is 1. The number of H-pyrrole nitrogens is 1. The fourth-order valence-corrected chi connectivity index (χ4v) is 1.33. The summed E-state index contributed by atoms with van der Waals surface area (Å²) in [5.41, 5.74) is 12.4. The smallest absolute Gasteiger partial charge is 0.250 e. The highest BCUT2D eigenvalue weighted by Crippen LogP contribution is 2.20. The average Bonchev–Trinajstić information content (AvgIpc) is 2.48. The number of hydrogen-bond acceptors (Lipinski definition) is 2. The predicted octanol–water partition coefficient (Wildman–Crippen LogP) is 0.849. The predicted molar refractivity (Wildman–Crippen MR) is 51.2 cm³/mol. The number of primary amides is 1. The molecule has 1 heterocycles. The average molecular weight is 175 g/mol. The van der Waals surface area contributed by atoms with Gasteiger partial charge in [-0.25, -0.2) is 0 Å². The summed E-state index contributed by atoms with van der Waals surface area (Å²) in [5.74, 6) is -0.499. The summed E-state index contributed by atoms with van der Waals surface area (Å²) in [6.45, 7) is 0. The molecular formula is C9H9N3O. The molecule has 5 N–H and O–H groups in total. The molecule has 13 heavy (non-hydrogen) atoms. The van der Waals surface area contributed by atoms with E-state index in [4.69, 9.17) is 11.5 Å². The van der Waals surface area contributed by atoms with Crippen LogP contribution in [-0.2, 0) is 0 Å². The number of carbonyl (C=O) groups excluding carboxylic acids is 1. The summed E-state index contributed by atoms with van der Waals surface area (Å²) in [6, 6.07) is 5.25. The van der Waals surface area contributed by atoms with Crippen molar-refractivity contribution in [2.75, 3.05) is 5.73 Å². The van der Waals surface area contributed by atoms with Crippen LogP contribution in [0.2, 0.25) is 0 Å². The summed E-state index contributed by atoms with van der Waals surface area (Å²) >= 11 is 0. The molecule has 1 aromatic heterocycles. The Labute approximate surface area is 74.5 Å². The third kappa shape index (κ3) is 1.12. The first-order valence-electron chi connectivity index (χ1n) is 3.85. The van der Waals surface area contributed by atoms with Gasteiger partial charge in [-0.2, -0.15) is 0 Å². The normalized spacial score (nSPS) is 10.5. The van der Waals surface area contributed by atoms with Gasteiger partial charge in [-0.05, 0) is 18.2 Å². The lowest BCUT2D eigenvalue weighted by Crippen LogP contribution is -2.13. The fraction of sp³-hybridized carbons (Fsp3) is 0. The van der Waals surface area contributed by atoms with E-state index >= 15 is 0 Å². The number of nitrogens with two attached hydrogens (primary N) is 2. The van der Waals surface area contributed by atoms with Gasteiger partial charge in [0.1, 0.15) is 0 Å². The SMILES string of the molecule is NC(=O)c1cc2cc[nH]c2cc1N. The molecule has 0 aliphatic carbocycles. The van der Waals surface area contributed by atoms with Crippen molar-refractivity contribution < 1.29 is 4.79 Å². The maximum absolute atomic E-state index is 10.9. The van der Waals surface area contributed by atoms with Gasteiger partial charge in [-0.1, -0.05) is 0 Å². The highest BCUT2D eigenvalue weighted by molar-refractivity contribution is 6.02. The van der Waals surface area contributed by atoms with Gasteiger partial charge in [0.25, 0.3) is 5.91 Å². The number of amides is 1. The monoisotopic (exact) mass is 175 g/mol. The van der Waals surface area contributed by atoms with Crippen molar-refractivity contribution in [2.24, 2.45) is 5.73 Å². The van der Waals surface area contributed by atoms with Crippen LogP contribution in [0, 0.1) is 0 Å². The zero-order chi connectivity index (χ0) is 9.42. The molecule has 2 aromatic rings. The number of anilines is 1. The summed E-state index contributed by atoms with van der Waals surface area (Å²) in [5, 5.41) is 0.933. The largest absolute Gasteiger partial charge is 0.398 e. The number of aromatic amines is 1. The van der Waals surface area contributed by atoms with Crippen LogP contribution in [-0.4, -0.2) is 10.9 Å². The number of nitrogens with one attached hydrogen (secondary N) is 1. The second kappa shape index (κ2) is 2.52. The molecule has 0 unspecified atom stereocenters. The molecule has 1 aromatic carbocycles. The third-order valence-electron chi connectivity index (χ3n) is 1.99. The van der Waals surface area contributed by atoms with Crippen molar-refractivity contribution in [1.29, 1.82) is 0 Å². The quantitative estimate of drug-likeness (QED) is 0.561. The summed E-state index contributed by atoms with van der Waals surface area (Å²) < 4.78 is 0. The van der Waals surface area contributed by atoms with E-state index in [0.29, 0.717) is 11.3 Å². The van der Waals surface area contributed by atoms with Crippen LogP contribution in [0.5, 0.6) is 0 Å². The number of fused-ring (bicyclic) bond motifs is 1. The minimum absolute atomic E-state index is 0.368. The molecule has 0 aliphatic heterocycles. The van der Waals surface area contributed by atoms with Crippen molar-refractivity contribution >= 4 is 22.5 Å². The van der Waals surface area contributed by atoms with E-state index in [2.05, 4.69) is 4.98 Å². The van der Waals surface area contributed by atoms with Gasteiger partial charge in [0.05, 0.1) is 5.56 Å². The molecule has 4 heteroatoms. The zero-order valence-electron chi connectivity index (χ0n) is 6.87. The topological polar surface area (TPSA) is 84.9 Å². The molecule has 0 saturated heterocycles. The Morgan fingerprint density at radius 3 is 2.85 bits per heavy atom. The standard InChI is InChI=1S/C9H9N3O/c10-7-4-8-5(1-2-12-8)3-6(7)9(11)13/h1-4,12H,10H2,(H2,11,13). The molecule has 1 amide bonds. The number of carbonyl (C=O) groups is 1. The number of benzene rings is 1. The Bertz CT molecular complexity index is 473. The van der Waals surface area contributed by atoms with Crippen molar-refractivity contribution in [3.63, 3.8) is 0 Å². The maximum atomic E-state index is 10.9. The molecule has 0 radical (unpaired) electrons. The Morgan fingerprint density at radius 1 is 1.38 bits per heavy atom. The molecule has 0 saturated carbocycles. The van der Waals surface area contributed by atoms with Crippen molar-refractivity contribution in [3.8, 4) is 0 Å². The van der Waals surface area contributed by atoms with Gasteiger partial charge in [0, 0.05) is 22.8 Å². The third-order valence-corrected chi connectivity index (χ3v) is 1.99. The van der Waals surface area contributed by atoms with Crippen LogP contribution >= 0.6 is 0 Å². The molecule has 2 rings (SSSR count). The van der Waals surface area contributed by atoms with Crippen LogP contribution in [0.25, 0.3) is 10.9 Å². The first-order chi connectivity index (χ1) is 6.18. The number of rotatable bonds is 1. The van der Waals surface area contributed by atoms with E-state index in [9.17, 15) is 4.79 Å². The van der Waals surface area contributed by atoms with E-state index < -0.39 is 5.91 Å². The van der Waals surface area contributed by atoms with Crippen LogP contribution in [0.4, 0.5) is 5.69 Å². The van der Waals surface area contributed by atoms with Crippen LogP contribution in [0.1, 0.15) is 10.4 Å². The molecule has 0 atom stereocenters. The summed E-state index contributed by atoms with van der Waals surface area (Å²) in [7, 11) is 0. The number of aromatic nitrogens is 1. The minimum Gasteiger partial charge on any atom is -0.398 e. The lowest BCUT2D eigenvalue weighted by molar-refractivity contribution is 0.100. The van der Waals surface area contributed by atoms with E-state index in [-0.39, 0.29) is 0 Å². The van der Waals surface area contributed by atoms with Gasteiger partial charge in [0.15, 0.2) is 0 Å². The molecule has 0 bridgehead atoms. The highest BCUT2D eigenvalue weighted by Gasteiger charge is 2.07. The minimum atomic E-state index is -0.499. The van der Waals surface area contributed by atoms with Crippen molar-refractivity contribution in [1.82, 2.24) is 4.98 Å². The van der Waals surface area contributed by atoms with Crippen LogP contribution in [0.15, 0.2) is 24.4 Å². The second-order valence-corrected chi connectivity index (χ2v) is 2.87. The lowest BCUT2D eigenvalue weighted by Gasteiger charge is -2.00. The Balaban J connectivity index is 2.76. The summed E-state index contributed by atoms with van der Waals surface area (Å²) in [6.07, 6.45) is 1.79. The first kappa shape index (κ1) is 7.67. The van der Waals surface area contributed by atoms with Gasteiger partial charge in [-0.15, -0.1) is 0 Å². The van der Waals surface area contributed by atoms with E-state index in [1.165, 1.54) is 0 Å². The maximum Gasteiger partial charge on any atom is 0.250 e. The Hall–Kier alpha value is -1.97.